The number of carbonyl (C=O) groups is 1. The molecule has 0 aliphatic carbocycles. The zero-order valence-corrected chi connectivity index (χ0v) is 18.7. The highest BCUT2D eigenvalue weighted by molar-refractivity contribution is 7.86. The molecule has 0 saturated carbocycles. The van der Waals surface area contributed by atoms with Gasteiger partial charge in [0.15, 0.2) is 5.72 Å². The largest absolute Gasteiger partial charge is 0.522 e. The number of benzene rings is 1. The van der Waals surface area contributed by atoms with E-state index >= 15 is 0 Å². The molecule has 2 aliphatic rings. The Hall–Kier alpha value is -2.15. The average molecular weight is 480 g/mol. The van der Waals surface area contributed by atoms with Crippen LogP contribution in [-0.4, -0.2) is 58.9 Å². The van der Waals surface area contributed by atoms with Crippen LogP contribution in [0.25, 0.3) is 0 Å². The summed E-state index contributed by atoms with van der Waals surface area (Å²) in [5.74, 6) is 0. The Balaban J connectivity index is 0.000000390. The number of urea groups is 1. The van der Waals surface area contributed by atoms with E-state index in [2.05, 4.69) is 35.4 Å². The number of nitrogens with one attached hydrogen (secondary N) is 2. The third-order valence-corrected chi connectivity index (χ3v) is 6.19. The van der Waals surface area contributed by atoms with Crippen molar-refractivity contribution in [2.75, 3.05) is 13.1 Å². The number of amides is 2. The molecule has 12 heteroatoms. The van der Waals surface area contributed by atoms with Gasteiger partial charge in [-0.15, -0.1) is 6.58 Å². The van der Waals surface area contributed by atoms with Crippen LogP contribution in [0.5, 0.6) is 0 Å². The second-order valence-corrected chi connectivity index (χ2v) is 9.49. The smallest absolute Gasteiger partial charge is 0.368 e. The molecular formula is C20H28F3N3O5S. The average Bonchev–Trinajstić information content (AvgIpc) is 2.82. The fraction of sp³-hybridized carbons (Fsp3) is 0.550. The van der Waals surface area contributed by atoms with Gasteiger partial charge in [-0.2, -0.15) is 21.6 Å². The van der Waals surface area contributed by atoms with Crippen LogP contribution in [0.15, 0.2) is 30.9 Å². The van der Waals surface area contributed by atoms with Crippen LogP contribution in [-0.2, 0) is 16.7 Å². The molecule has 3 rings (SSSR count). The van der Waals surface area contributed by atoms with E-state index in [1.165, 1.54) is 0 Å². The van der Waals surface area contributed by atoms with Crippen molar-refractivity contribution in [1.29, 1.82) is 0 Å². The first-order valence-corrected chi connectivity index (χ1v) is 11.3. The minimum absolute atomic E-state index is 0.194. The lowest BCUT2D eigenvalue weighted by atomic mass is 9.77. The predicted octanol–water partition coefficient (Wildman–Crippen LogP) is 2.61. The maximum absolute atomic E-state index is 12.7. The van der Waals surface area contributed by atoms with Gasteiger partial charge in [0, 0.05) is 6.42 Å². The predicted molar refractivity (Wildman–Crippen MR) is 112 cm³/mol. The van der Waals surface area contributed by atoms with Gasteiger partial charge in [0.2, 0.25) is 0 Å². The van der Waals surface area contributed by atoms with Gasteiger partial charge in [-0.05, 0) is 45.3 Å². The third kappa shape index (κ3) is 5.42. The number of carbonyl (C=O) groups excluding carboxylic acids is 1. The fourth-order valence-corrected chi connectivity index (χ4v) is 4.23. The molecule has 1 spiro atoms. The highest BCUT2D eigenvalue weighted by atomic mass is 32.2. The van der Waals surface area contributed by atoms with Crippen LogP contribution in [0, 0.1) is 13.8 Å². The SMILES string of the molecule is C=CCC1(O)N(Cc2cc(C)cc(C)c2)C(=O)NC12CCNCC2.O=S(=O)(O)C(F)(F)F. The summed E-state index contributed by atoms with van der Waals surface area (Å²) in [4.78, 5) is 14.3. The maximum atomic E-state index is 12.7. The van der Waals surface area contributed by atoms with E-state index in [-0.39, 0.29) is 6.03 Å². The topological polar surface area (TPSA) is 119 Å². The van der Waals surface area contributed by atoms with Crippen molar-refractivity contribution < 1.29 is 36.0 Å². The summed E-state index contributed by atoms with van der Waals surface area (Å²) in [7, 11) is -5.84. The zero-order valence-electron chi connectivity index (χ0n) is 17.9. The molecule has 180 valence electrons. The Morgan fingerprint density at radius 1 is 1.19 bits per heavy atom. The fourth-order valence-electron chi connectivity index (χ4n) is 4.23. The molecule has 1 aromatic carbocycles. The van der Waals surface area contributed by atoms with Gasteiger partial charge in [-0.3, -0.25) is 9.45 Å². The maximum Gasteiger partial charge on any atom is 0.522 e. The monoisotopic (exact) mass is 479 g/mol. The molecule has 2 aliphatic heterocycles. The normalized spacial score (nSPS) is 22.8. The lowest BCUT2D eigenvalue weighted by Gasteiger charge is -2.46. The number of aryl methyl sites for hydroxylation is 2. The van der Waals surface area contributed by atoms with Crippen LogP contribution >= 0.6 is 0 Å². The van der Waals surface area contributed by atoms with Crippen molar-refractivity contribution in [3.8, 4) is 0 Å². The molecule has 4 N–H and O–H groups in total. The number of rotatable bonds is 4. The number of hydrogen-bond acceptors (Lipinski definition) is 5. The number of alkyl halides is 3. The van der Waals surface area contributed by atoms with Gasteiger partial charge < -0.3 is 15.7 Å². The molecule has 2 fully saturated rings. The standard InChI is InChI=1S/C19H27N3O2.CHF3O3S/c1-4-5-19(24)18(6-8-20-9-7-18)21-17(23)22(19)13-16-11-14(2)10-15(3)12-16;2-1(3,4)8(5,6)7/h4,10-12,20,24H,1,5-9,13H2,2-3H3,(H,21,23);(H,5,6,7). The minimum Gasteiger partial charge on any atom is -0.368 e. The number of hydrogen-bond donors (Lipinski definition) is 4. The van der Waals surface area contributed by atoms with E-state index in [0.29, 0.717) is 25.8 Å². The molecule has 0 bridgehead atoms. The second kappa shape index (κ2) is 9.38. The van der Waals surface area contributed by atoms with E-state index < -0.39 is 26.9 Å². The summed E-state index contributed by atoms with van der Waals surface area (Å²) >= 11 is 0. The van der Waals surface area contributed by atoms with Crippen LogP contribution in [0.3, 0.4) is 0 Å². The van der Waals surface area contributed by atoms with Crippen LogP contribution in [0.4, 0.5) is 18.0 Å². The van der Waals surface area contributed by atoms with E-state index in [4.69, 9.17) is 13.0 Å². The molecule has 1 unspecified atom stereocenters. The lowest BCUT2D eigenvalue weighted by molar-refractivity contribution is -0.123. The Bertz CT molecular complexity index is 941. The van der Waals surface area contributed by atoms with Crippen LogP contribution in [0.1, 0.15) is 36.0 Å². The molecule has 1 atom stereocenters. The van der Waals surface area contributed by atoms with E-state index in [0.717, 1.165) is 29.8 Å². The molecule has 2 amide bonds. The first-order valence-electron chi connectivity index (χ1n) is 9.90. The summed E-state index contributed by atoms with van der Waals surface area (Å²) < 4.78 is 57.5. The van der Waals surface area contributed by atoms with Crippen molar-refractivity contribution >= 4 is 16.1 Å². The molecule has 0 aromatic heterocycles. The quantitative estimate of drug-likeness (QED) is 0.300. The molecule has 1 aromatic rings. The minimum atomic E-state index is -5.84. The van der Waals surface area contributed by atoms with Crippen LogP contribution < -0.4 is 10.6 Å². The first kappa shape index (κ1) is 26.1. The van der Waals surface area contributed by atoms with Crippen molar-refractivity contribution in [3.05, 3.63) is 47.5 Å². The second-order valence-electron chi connectivity index (χ2n) is 8.07. The van der Waals surface area contributed by atoms with Crippen molar-refractivity contribution in [1.82, 2.24) is 15.5 Å². The molecular weight excluding hydrogens is 451 g/mol. The van der Waals surface area contributed by atoms with Gasteiger partial charge in [0.1, 0.15) is 0 Å². The summed E-state index contributed by atoms with van der Waals surface area (Å²) in [6, 6.07) is 6.06. The summed E-state index contributed by atoms with van der Waals surface area (Å²) in [5, 5.41) is 17.9. The molecule has 2 heterocycles. The lowest BCUT2D eigenvalue weighted by Crippen LogP contribution is -2.64. The van der Waals surface area contributed by atoms with Crippen molar-refractivity contribution in [2.24, 2.45) is 0 Å². The van der Waals surface area contributed by atoms with Gasteiger partial charge in [-0.25, -0.2) is 4.79 Å². The Labute approximate surface area is 185 Å². The Kier molecular flexibility index (Phi) is 7.65. The molecule has 2 saturated heterocycles. The van der Waals surface area contributed by atoms with Crippen molar-refractivity contribution in [2.45, 2.75) is 56.4 Å². The van der Waals surface area contributed by atoms with E-state index in [1.54, 1.807) is 11.0 Å². The van der Waals surface area contributed by atoms with Gasteiger partial charge >= 0.3 is 21.7 Å². The molecule has 0 radical (unpaired) electrons. The number of halogens is 3. The summed E-state index contributed by atoms with van der Waals surface area (Å²) in [6.07, 6.45) is 3.49. The summed E-state index contributed by atoms with van der Waals surface area (Å²) in [5.41, 5.74) is -4.03. The highest BCUT2D eigenvalue weighted by Crippen LogP contribution is 2.42. The first-order chi connectivity index (χ1) is 14.6. The van der Waals surface area contributed by atoms with E-state index in [1.807, 2.05) is 13.8 Å². The molecule has 8 nitrogen and oxygen atoms in total. The number of nitrogens with zero attached hydrogens (tertiary/aromatic N) is 1. The number of aliphatic hydroxyl groups is 1. The van der Waals surface area contributed by atoms with E-state index in [9.17, 15) is 23.1 Å². The van der Waals surface area contributed by atoms with Crippen molar-refractivity contribution in [3.63, 3.8) is 0 Å². The zero-order chi connectivity index (χ0) is 24.4. The molecule has 32 heavy (non-hydrogen) atoms. The highest BCUT2D eigenvalue weighted by Gasteiger charge is 2.61. The Morgan fingerprint density at radius 2 is 1.69 bits per heavy atom. The summed E-state index contributed by atoms with van der Waals surface area (Å²) in [6.45, 7) is 9.87. The van der Waals surface area contributed by atoms with Gasteiger partial charge in [0.05, 0.1) is 12.1 Å². The van der Waals surface area contributed by atoms with Gasteiger partial charge in [0.25, 0.3) is 0 Å². The Morgan fingerprint density at radius 3 is 2.12 bits per heavy atom. The third-order valence-electron chi connectivity index (χ3n) is 5.61. The number of piperidine rings is 1. The van der Waals surface area contributed by atoms with Gasteiger partial charge in [-0.1, -0.05) is 35.4 Å². The van der Waals surface area contributed by atoms with Crippen LogP contribution in [0.2, 0.25) is 0 Å².